The summed E-state index contributed by atoms with van der Waals surface area (Å²) < 4.78 is 5.39. The van der Waals surface area contributed by atoms with Crippen LogP contribution in [0.3, 0.4) is 0 Å². The third-order valence-corrected chi connectivity index (χ3v) is 2.75. The number of carboxylic acid groups (broad SMARTS) is 1. The Bertz CT molecular complexity index is 284. The van der Waals surface area contributed by atoms with Gasteiger partial charge in [0.25, 0.3) is 0 Å². The lowest BCUT2D eigenvalue weighted by atomic mass is 10.1. The molecule has 2 unspecified atom stereocenters. The average molecular weight is 241 g/mol. The Labute approximate surface area is 101 Å². The number of ether oxygens (including phenoxy) is 1. The summed E-state index contributed by atoms with van der Waals surface area (Å²) in [6, 6.07) is -0.871. The first-order chi connectivity index (χ1) is 8.13. The smallest absolute Gasteiger partial charge is 0.326 e. The van der Waals surface area contributed by atoms with Crippen molar-refractivity contribution in [2.24, 2.45) is 0 Å². The normalized spacial score (nSPS) is 20.8. The van der Waals surface area contributed by atoms with Crippen LogP contribution in [0.15, 0.2) is 12.7 Å². The molecule has 0 spiro atoms. The number of carboxylic acids is 1. The predicted molar refractivity (Wildman–Crippen MR) is 62.6 cm³/mol. The van der Waals surface area contributed by atoms with E-state index in [0.29, 0.717) is 12.8 Å². The van der Waals surface area contributed by atoms with Gasteiger partial charge >= 0.3 is 5.97 Å². The van der Waals surface area contributed by atoms with Gasteiger partial charge < -0.3 is 15.2 Å². The molecule has 17 heavy (non-hydrogen) atoms. The van der Waals surface area contributed by atoms with Crippen molar-refractivity contribution >= 4 is 11.9 Å². The van der Waals surface area contributed by atoms with Crippen molar-refractivity contribution in [3.05, 3.63) is 12.7 Å². The summed E-state index contributed by atoms with van der Waals surface area (Å²) in [4.78, 5) is 22.3. The van der Waals surface area contributed by atoms with Crippen molar-refractivity contribution in [1.82, 2.24) is 5.32 Å². The average Bonchev–Trinajstić information content (AvgIpc) is 2.78. The highest BCUT2D eigenvalue weighted by Crippen LogP contribution is 2.16. The number of hydrogen-bond acceptors (Lipinski definition) is 3. The molecule has 96 valence electrons. The molecule has 0 saturated carbocycles. The van der Waals surface area contributed by atoms with E-state index in [4.69, 9.17) is 9.84 Å². The second-order valence-electron chi connectivity index (χ2n) is 4.16. The molecule has 1 heterocycles. The van der Waals surface area contributed by atoms with Crippen LogP contribution in [0.4, 0.5) is 0 Å². The number of amides is 1. The molecular formula is C12H19NO4. The molecule has 5 heteroatoms. The minimum Gasteiger partial charge on any atom is -0.480 e. The van der Waals surface area contributed by atoms with Crippen LogP contribution in [0.5, 0.6) is 0 Å². The maximum absolute atomic E-state index is 11.5. The van der Waals surface area contributed by atoms with Crippen LogP contribution in [0.25, 0.3) is 0 Å². The van der Waals surface area contributed by atoms with E-state index in [1.165, 1.54) is 6.08 Å². The lowest BCUT2D eigenvalue weighted by Gasteiger charge is -2.13. The maximum Gasteiger partial charge on any atom is 0.326 e. The summed E-state index contributed by atoms with van der Waals surface area (Å²) in [6.45, 7) is 4.23. The molecular weight excluding hydrogens is 222 g/mol. The van der Waals surface area contributed by atoms with E-state index in [0.717, 1.165) is 19.4 Å². The molecule has 2 atom stereocenters. The van der Waals surface area contributed by atoms with E-state index < -0.39 is 12.0 Å². The molecule has 1 aliphatic rings. The van der Waals surface area contributed by atoms with E-state index >= 15 is 0 Å². The van der Waals surface area contributed by atoms with Gasteiger partial charge in [0, 0.05) is 13.0 Å². The van der Waals surface area contributed by atoms with Crippen LogP contribution < -0.4 is 5.32 Å². The zero-order valence-electron chi connectivity index (χ0n) is 9.85. The molecule has 0 aromatic heterocycles. The zero-order chi connectivity index (χ0) is 12.7. The highest BCUT2D eigenvalue weighted by atomic mass is 16.5. The number of aliphatic carboxylic acids is 1. The van der Waals surface area contributed by atoms with Gasteiger partial charge in [-0.1, -0.05) is 6.08 Å². The van der Waals surface area contributed by atoms with Gasteiger partial charge in [0.1, 0.15) is 6.04 Å². The van der Waals surface area contributed by atoms with Gasteiger partial charge in [-0.15, -0.1) is 6.58 Å². The monoisotopic (exact) mass is 241 g/mol. The van der Waals surface area contributed by atoms with Gasteiger partial charge in [-0.05, 0) is 25.7 Å². The predicted octanol–water partition coefficient (Wildman–Crippen LogP) is 1.09. The Morgan fingerprint density at radius 3 is 2.88 bits per heavy atom. The second kappa shape index (κ2) is 7.06. The van der Waals surface area contributed by atoms with Gasteiger partial charge in [-0.2, -0.15) is 0 Å². The van der Waals surface area contributed by atoms with Crippen molar-refractivity contribution in [3.63, 3.8) is 0 Å². The van der Waals surface area contributed by atoms with E-state index in [2.05, 4.69) is 11.9 Å². The van der Waals surface area contributed by atoms with Crippen molar-refractivity contribution in [1.29, 1.82) is 0 Å². The molecule has 2 N–H and O–H groups in total. The van der Waals surface area contributed by atoms with E-state index in [-0.39, 0.29) is 18.4 Å². The fourth-order valence-electron chi connectivity index (χ4n) is 1.82. The number of rotatable bonds is 7. The summed E-state index contributed by atoms with van der Waals surface area (Å²) >= 11 is 0. The van der Waals surface area contributed by atoms with Gasteiger partial charge in [0.05, 0.1) is 6.10 Å². The molecule has 0 radical (unpaired) electrons. The van der Waals surface area contributed by atoms with Gasteiger partial charge in [-0.3, -0.25) is 4.79 Å². The Hall–Kier alpha value is -1.36. The zero-order valence-corrected chi connectivity index (χ0v) is 9.85. The summed E-state index contributed by atoms with van der Waals surface area (Å²) in [5.41, 5.74) is 0. The van der Waals surface area contributed by atoms with Crippen molar-refractivity contribution in [2.75, 3.05) is 6.61 Å². The highest BCUT2D eigenvalue weighted by molar-refractivity contribution is 5.83. The number of hydrogen-bond donors (Lipinski definition) is 2. The third-order valence-electron chi connectivity index (χ3n) is 2.75. The highest BCUT2D eigenvalue weighted by Gasteiger charge is 2.20. The molecule has 1 aliphatic heterocycles. The number of carbonyl (C=O) groups is 2. The Morgan fingerprint density at radius 2 is 2.35 bits per heavy atom. The quantitative estimate of drug-likeness (QED) is 0.654. The first-order valence-corrected chi connectivity index (χ1v) is 5.88. The maximum atomic E-state index is 11.5. The first-order valence-electron chi connectivity index (χ1n) is 5.88. The molecule has 1 fully saturated rings. The van der Waals surface area contributed by atoms with Crippen LogP contribution in [0.1, 0.15) is 32.1 Å². The van der Waals surface area contributed by atoms with Gasteiger partial charge in [0.15, 0.2) is 0 Å². The molecule has 1 amide bonds. The summed E-state index contributed by atoms with van der Waals surface area (Å²) in [5, 5.41) is 11.3. The minimum absolute atomic E-state index is 0.156. The van der Waals surface area contributed by atoms with Crippen LogP contribution in [0, 0.1) is 0 Å². The molecule has 0 aromatic carbocycles. The van der Waals surface area contributed by atoms with E-state index in [1.54, 1.807) is 0 Å². The number of nitrogens with one attached hydrogen (secondary N) is 1. The molecule has 1 rings (SSSR count). The molecule has 0 aromatic rings. The van der Waals surface area contributed by atoms with Crippen LogP contribution >= 0.6 is 0 Å². The van der Waals surface area contributed by atoms with Crippen LogP contribution in [-0.4, -0.2) is 35.7 Å². The van der Waals surface area contributed by atoms with Crippen molar-refractivity contribution < 1.29 is 19.4 Å². The van der Waals surface area contributed by atoms with Crippen LogP contribution in [-0.2, 0) is 14.3 Å². The fraction of sp³-hybridized carbons (Fsp3) is 0.667. The van der Waals surface area contributed by atoms with Crippen LogP contribution in [0.2, 0.25) is 0 Å². The second-order valence-corrected chi connectivity index (χ2v) is 4.16. The lowest BCUT2D eigenvalue weighted by Crippen LogP contribution is -2.40. The van der Waals surface area contributed by atoms with Gasteiger partial charge in [-0.25, -0.2) is 4.79 Å². The molecule has 0 bridgehead atoms. The Kier molecular flexibility index (Phi) is 5.69. The van der Waals surface area contributed by atoms with Gasteiger partial charge in [0.2, 0.25) is 5.91 Å². The van der Waals surface area contributed by atoms with Crippen molar-refractivity contribution in [3.8, 4) is 0 Å². The summed E-state index contributed by atoms with van der Waals surface area (Å²) in [6.07, 6.45) is 4.88. The summed E-state index contributed by atoms with van der Waals surface area (Å²) in [5.74, 6) is -1.27. The fourth-order valence-corrected chi connectivity index (χ4v) is 1.82. The largest absolute Gasteiger partial charge is 0.480 e. The molecule has 5 nitrogen and oxygen atoms in total. The van der Waals surface area contributed by atoms with Crippen molar-refractivity contribution in [2.45, 2.75) is 44.2 Å². The van der Waals surface area contributed by atoms with E-state index in [1.807, 2.05) is 0 Å². The SMILES string of the molecule is C=CCC(NC(=O)CCC1CCCO1)C(=O)O. The summed E-state index contributed by atoms with van der Waals surface area (Å²) in [7, 11) is 0. The third kappa shape index (κ3) is 4.99. The lowest BCUT2D eigenvalue weighted by molar-refractivity contribution is -0.141. The topological polar surface area (TPSA) is 75.6 Å². The van der Waals surface area contributed by atoms with E-state index in [9.17, 15) is 9.59 Å². The Balaban J connectivity index is 2.26. The standard InChI is InChI=1S/C12H19NO4/c1-2-4-10(12(15)16)13-11(14)7-6-9-5-3-8-17-9/h2,9-10H,1,3-8H2,(H,13,14)(H,15,16). The first kappa shape index (κ1) is 13.7. The Morgan fingerprint density at radius 1 is 1.59 bits per heavy atom. The molecule has 1 saturated heterocycles. The molecule has 0 aliphatic carbocycles. The number of carbonyl (C=O) groups excluding carboxylic acids is 1. The minimum atomic E-state index is -1.03.